The molecule has 4 rings (SSSR count). The first kappa shape index (κ1) is 20.3. The van der Waals surface area contributed by atoms with Crippen LogP contribution in [0.25, 0.3) is 22.0 Å². The van der Waals surface area contributed by atoms with E-state index in [1.807, 2.05) is 25.2 Å². The first-order valence-corrected chi connectivity index (χ1v) is 11.6. The van der Waals surface area contributed by atoms with Crippen molar-refractivity contribution in [3.05, 3.63) is 48.2 Å². The van der Waals surface area contributed by atoms with Crippen LogP contribution >= 0.6 is 0 Å². The van der Waals surface area contributed by atoms with Gasteiger partial charge in [0, 0.05) is 37.9 Å². The SMILES string of the molecule is CN(c1c(C#N)nnc2cc(-c3ccc(S(C)(=O)=O)cc3)ccc12)C1CCOCC1. The van der Waals surface area contributed by atoms with Crippen molar-refractivity contribution >= 4 is 26.4 Å². The molecule has 0 aliphatic carbocycles. The number of benzene rings is 2. The van der Waals surface area contributed by atoms with Gasteiger partial charge in [0.1, 0.15) is 6.07 Å². The van der Waals surface area contributed by atoms with Crippen molar-refractivity contribution in [1.82, 2.24) is 10.2 Å². The van der Waals surface area contributed by atoms with Crippen molar-refractivity contribution < 1.29 is 13.2 Å². The van der Waals surface area contributed by atoms with Gasteiger partial charge < -0.3 is 9.64 Å². The summed E-state index contributed by atoms with van der Waals surface area (Å²) in [5, 5.41) is 18.9. The molecule has 0 amide bonds. The van der Waals surface area contributed by atoms with Gasteiger partial charge in [-0.2, -0.15) is 5.26 Å². The zero-order valence-electron chi connectivity index (χ0n) is 16.9. The third-order valence-electron chi connectivity index (χ3n) is 5.55. The topological polar surface area (TPSA) is 96.2 Å². The Kier molecular flexibility index (Phi) is 5.41. The molecular weight excluding hydrogens is 400 g/mol. The number of ether oxygens (including phenoxy) is 1. The molecule has 7 nitrogen and oxygen atoms in total. The molecule has 8 heteroatoms. The lowest BCUT2D eigenvalue weighted by Gasteiger charge is -2.33. The highest BCUT2D eigenvalue weighted by Crippen LogP contribution is 2.33. The van der Waals surface area contributed by atoms with Crippen molar-refractivity contribution in [3.63, 3.8) is 0 Å². The van der Waals surface area contributed by atoms with Gasteiger partial charge in [0.2, 0.25) is 0 Å². The lowest BCUT2D eigenvalue weighted by Crippen LogP contribution is -2.37. The molecule has 0 saturated carbocycles. The second kappa shape index (κ2) is 8.01. The fourth-order valence-corrected chi connectivity index (χ4v) is 4.49. The van der Waals surface area contributed by atoms with Crippen LogP contribution in [0.3, 0.4) is 0 Å². The van der Waals surface area contributed by atoms with Crippen molar-refractivity contribution in [1.29, 1.82) is 5.26 Å². The average molecular weight is 423 g/mol. The Balaban J connectivity index is 1.76. The van der Waals surface area contributed by atoms with Crippen LogP contribution in [0.5, 0.6) is 0 Å². The number of aromatic nitrogens is 2. The van der Waals surface area contributed by atoms with Gasteiger partial charge in [0.25, 0.3) is 0 Å². The number of hydrogen-bond acceptors (Lipinski definition) is 7. The molecule has 30 heavy (non-hydrogen) atoms. The van der Waals surface area contributed by atoms with Gasteiger partial charge in [0.15, 0.2) is 15.5 Å². The maximum Gasteiger partial charge on any atom is 0.186 e. The van der Waals surface area contributed by atoms with Gasteiger partial charge >= 0.3 is 0 Å². The molecular formula is C22H22N4O3S. The summed E-state index contributed by atoms with van der Waals surface area (Å²) in [4.78, 5) is 2.41. The minimum atomic E-state index is -3.24. The molecule has 2 aromatic carbocycles. The molecule has 0 atom stereocenters. The molecule has 0 radical (unpaired) electrons. The number of nitriles is 1. The predicted octanol–water partition coefficient (Wildman–Crippen LogP) is 3.19. The van der Waals surface area contributed by atoms with Crippen LogP contribution in [0.15, 0.2) is 47.4 Å². The van der Waals surface area contributed by atoms with Gasteiger partial charge in [-0.05, 0) is 48.2 Å². The van der Waals surface area contributed by atoms with E-state index in [-0.39, 0.29) is 10.9 Å². The van der Waals surface area contributed by atoms with E-state index in [1.165, 1.54) is 6.26 Å². The first-order valence-electron chi connectivity index (χ1n) is 9.70. The molecule has 3 aromatic rings. The molecule has 0 spiro atoms. The molecule has 0 bridgehead atoms. The first-order chi connectivity index (χ1) is 14.4. The Morgan fingerprint density at radius 3 is 2.37 bits per heavy atom. The minimum Gasteiger partial charge on any atom is -0.381 e. The van der Waals surface area contributed by atoms with E-state index in [0.717, 1.165) is 35.0 Å². The third-order valence-corrected chi connectivity index (χ3v) is 6.68. The molecule has 1 saturated heterocycles. The van der Waals surface area contributed by atoms with Gasteiger partial charge in [-0.25, -0.2) is 8.42 Å². The Hall–Kier alpha value is -3.02. The maximum atomic E-state index is 11.7. The summed E-state index contributed by atoms with van der Waals surface area (Å²) in [6, 6.07) is 15.0. The lowest BCUT2D eigenvalue weighted by molar-refractivity contribution is 0.0855. The molecule has 1 fully saturated rings. The fourth-order valence-electron chi connectivity index (χ4n) is 3.85. The van der Waals surface area contributed by atoms with Crippen LogP contribution in [-0.4, -0.2) is 51.2 Å². The molecule has 1 aromatic heterocycles. The molecule has 154 valence electrons. The Labute approximate surface area is 175 Å². The second-order valence-electron chi connectivity index (χ2n) is 7.49. The highest BCUT2D eigenvalue weighted by Gasteiger charge is 2.24. The summed E-state index contributed by atoms with van der Waals surface area (Å²) in [7, 11) is -1.25. The van der Waals surface area contributed by atoms with E-state index in [1.54, 1.807) is 24.3 Å². The largest absolute Gasteiger partial charge is 0.381 e. The number of nitrogens with zero attached hydrogens (tertiary/aromatic N) is 4. The minimum absolute atomic E-state index is 0.279. The van der Waals surface area contributed by atoms with E-state index in [0.29, 0.717) is 24.4 Å². The van der Waals surface area contributed by atoms with Gasteiger partial charge in [-0.3, -0.25) is 0 Å². The Morgan fingerprint density at radius 1 is 1.07 bits per heavy atom. The van der Waals surface area contributed by atoms with Crippen molar-refractivity contribution in [2.24, 2.45) is 0 Å². The summed E-state index contributed by atoms with van der Waals surface area (Å²) in [6.45, 7) is 1.42. The molecule has 1 aliphatic rings. The molecule has 0 N–H and O–H groups in total. The summed E-state index contributed by atoms with van der Waals surface area (Å²) in [5.74, 6) is 0. The van der Waals surface area contributed by atoms with Crippen LogP contribution in [0, 0.1) is 11.3 Å². The smallest absolute Gasteiger partial charge is 0.186 e. The highest BCUT2D eigenvalue weighted by molar-refractivity contribution is 7.90. The number of hydrogen-bond donors (Lipinski definition) is 0. The predicted molar refractivity (Wildman–Crippen MR) is 115 cm³/mol. The van der Waals surface area contributed by atoms with Crippen molar-refractivity contribution in [3.8, 4) is 17.2 Å². The summed E-state index contributed by atoms with van der Waals surface area (Å²) < 4.78 is 28.8. The van der Waals surface area contributed by atoms with Crippen LogP contribution in [0.4, 0.5) is 5.69 Å². The average Bonchev–Trinajstić information content (AvgIpc) is 2.77. The zero-order chi connectivity index (χ0) is 21.3. The quantitative estimate of drug-likeness (QED) is 0.637. The summed E-state index contributed by atoms with van der Waals surface area (Å²) in [5.41, 5.74) is 3.57. The van der Waals surface area contributed by atoms with E-state index in [2.05, 4.69) is 21.2 Å². The lowest BCUT2D eigenvalue weighted by atomic mass is 10.0. The second-order valence-corrected chi connectivity index (χ2v) is 9.51. The summed E-state index contributed by atoms with van der Waals surface area (Å²) in [6.07, 6.45) is 2.99. The van der Waals surface area contributed by atoms with Gasteiger partial charge in [0.05, 0.1) is 16.1 Å². The van der Waals surface area contributed by atoms with Crippen LogP contribution in [0.1, 0.15) is 18.5 Å². The molecule has 0 unspecified atom stereocenters. The Bertz CT molecular complexity index is 1230. The van der Waals surface area contributed by atoms with Crippen LogP contribution in [0.2, 0.25) is 0 Å². The third kappa shape index (κ3) is 3.86. The number of anilines is 1. The van der Waals surface area contributed by atoms with Crippen molar-refractivity contribution in [2.45, 2.75) is 23.8 Å². The summed E-state index contributed by atoms with van der Waals surface area (Å²) >= 11 is 0. The number of sulfone groups is 1. The van der Waals surface area contributed by atoms with E-state index >= 15 is 0 Å². The van der Waals surface area contributed by atoms with E-state index < -0.39 is 9.84 Å². The van der Waals surface area contributed by atoms with Crippen LogP contribution in [-0.2, 0) is 14.6 Å². The van der Waals surface area contributed by atoms with E-state index in [9.17, 15) is 13.7 Å². The monoisotopic (exact) mass is 422 g/mol. The Morgan fingerprint density at radius 2 is 1.73 bits per heavy atom. The maximum absolute atomic E-state index is 11.7. The van der Waals surface area contributed by atoms with Crippen molar-refractivity contribution in [2.75, 3.05) is 31.4 Å². The number of rotatable bonds is 4. The van der Waals surface area contributed by atoms with Crippen LogP contribution < -0.4 is 4.90 Å². The normalized spacial score (nSPS) is 15.1. The molecule has 1 aliphatic heterocycles. The highest BCUT2D eigenvalue weighted by atomic mass is 32.2. The van der Waals surface area contributed by atoms with Gasteiger partial charge in [-0.15, -0.1) is 10.2 Å². The number of fused-ring (bicyclic) bond motifs is 1. The van der Waals surface area contributed by atoms with Gasteiger partial charge in [-0.1, -0.05) is 18.2 Å². The molecule has 2 heterocycles. The fraction of sp³-hybridized carbons (Fsp3) is 0.318. The van der Waals surface area contributed by atoms with E-state index in [4.69, 9.17) is 4.74 Å². The standard InChI is InChI=1S/C22H22N4O3S/c1-26(17-9-11-29-12-10-17)22-19-8-5-16(13-20(19)24-25-21(22)14-23)15-3-6-18(7-4-15)30(2,27)28/h3-8,13,17H,9-12H2,1-2H3. The zero-order valence-corrected chi connectivity index (χ0v) is 17.7.